The maximum atomic E-state index is 12.4. The maximum absolute atomic E-state index is 12.4. The zero-order valence-corrected chi connectivity index (χ0v) is 21.1. The molecule has 1 heterocycles. The number of nitrogens with one attached hydrogen (secondary N) is 2. The molecule has 0 spiro atoms. The van der Waals surface area contributed by atoms with E-state index >= 15 is 0 Å². The van der Waals surface area contributed by atoms with Gasteiger partial charge in [-0.05, 0) is 74.4 Å². The standard InChI is InChI=1S/C28H36N2O3S/c1-3-21-8-7-9-22(17-21)12-14-24(19-31)30-27(32)10-5-4-6-15-29-28(33)26-18-23-13-11-20(2)16-25(23)34-26/h7-9,11,13,16,18-19,21,24H,3-6,10,12,14-15,17H2,1-2H3,(H,29,33)(H,30,32)/t21?,24-/m1/s1. The number of aryl methyl sites for hydroxylation is 1. The van der Waals surface area contributed by atoms with Gasteiger partial charge >= 0.3 is 0 Å². The Labute approximate surface area is 206 Å². The van der Waals surface area contributed by atoms with Crippen LogP contribution in [0, 0.1) is 12.8 Å². The van der Waals surface area contributed by atoms with E-state index in [1.165, 1.54) is 22.5 Å². The van der Waals surface area contributed by atoms with Gasteiger partial charge in [-0.25, -0.2) is 0 Å². The highest BCUT2D eigenvalue weighted by Crippen LogP contribution is 2.27. The van der Waals surface area contributed by atoms with Crippen LogP contribution in [-0.4, -0.2) is 30.7 Å². The number of allylic oxidation sites excluding steroid dienone is 4. The quantitative estimate of drug-likeness (QED) is 0.278. The molecule has 0 bridgehead atoms. The van der Waals surface area contributed by atoms with E-state index in [4.69, 9.17) is 0 Å². The van der Waals surface area contributed by atoms with E-state index in [1.54, 1.807) is 0 Å². The van der Waals surface area contributed by atoms with Crippen LogP contribution in [0.5, 0.6) is 0 Å². The second-order valence-corrected chi connectivity index (χ2v) is 10.2. The summed E-state index contributed by atoms with van der Waals surface area (Å²) in [6, 6.07) is 7.71. The highest BCUT2D eigenvalue weighted by Gasteiger charge is 2.15. The van der Waals surface area contributed by atoms with Crippen LogP contribution in [0.25, 0.3) is 10.1 Å². The Balaban J connectivity index is 1.28. The maximum Gasteiger partial charge on any atom is 0.261 e. The van der Waals surface area contributed by atoms with Gasteiger partial charge in [-0.1, -0.05) is 49.3 Å². The Hall–Kier alpha value is -2.73. The van der Waals surface area contributed by atoms with Gasteiger partial charge in [0.2, 0.25) is 5.91 Å². The van der Waals surface area contributed by atoms with Crippen LogP contribution in [0.3, 0.4) is 0 Å². The molecule has 0 aliphatic heterocycles. The molecule has 2 amide bonds. The number of unbranched alkanes of at least 4 members (excludes halogenated alkanes) is 2. The Bertz CT molecular complexity index is 1050. The molecule has 34 heavy (non-hydrogen) atoms. The molecule has 182 valence electrons. The molecule has 2 aromatic rings. The third-order valence-corrected chi connectivity index (χ3v) is 7.41. The Morgan fingerprint density at radius 3 is 2.85 bits per heavy atom. The zero-order valence-electron chi connectivity index (χ0n) is 20.3. The lowest BCUT2D eigenvalue weighted by molar-refractivity contribution is -0.124. The van der Waals surface area contributed by atoms with E-state index in [2.05, 4.69) is 47.9 Å². The molecule has 1 aliphatic rings. The first-order valence-corrected chi connectivity index (χ1v) is 13.2. The van der Waals surface area contributed by atoms with Crippen LogP contribution in [-0.2, 0) is 9.59 Å². The normalized spacial score (nSPS) is 16.2. The largest absolute Gasteiger partial charge is 0.351 e. The fraction of sp³-hybridized carbons (Fsp3) is 0.464. The molecule has 6 heteroatoms. The average Bonchev–Trinajstić information content (AvgIpc) is 3.27. The van der Waals surface area contributed by atoms with Crippen LogP contribution < -0.4 is 10.6 Å². The molecule has 1 unspecified atom stereocenters. The van der Waals surface area contributed by atoms with Crippen molar-refractivity contribution in [3.05, 3.63) is 58.5 Å². The highest BCUT2D eigenvalue weighted by atomic mass is 32.1. The molecule has 2 N–H and O–H groups in total. The van der Waals surface area contributed by atoms with Crippen molar-refractivity contribution in [3.8, 4) is 0 Å². The van der Waals surface area contributed by atoms with Gasteiger partial charge < -0.3 is 15.4 Å². The van der Waals surface area contributed by atoms with Gasteiger partial charge in [-0.15, -0.1) is 11.3 Å². The van der Waals surface area contributed by atoms with Crippen LogP contribution in [0.1, 0.15) is 73.5 Å². The van der Waals surface area contributed by atoms with E-state index in [-0.39, 0.29) is 11.8 Å². The van der Waals surface area contributed by atoms with Crippen LogP contribution in [0.15, 0.2) is 48.1 Å². The number of benzene rings is 1. The number of carbonyl (C=O) groups is 3. The third-order valence-electron chi connectivity index (χ3n) is 6.32. The first-order valence-electron chi connectivity index (χ1n) is 12.4. The molecule has 0 saturated heterocycles. The molecule has 5 nitrogen and oxygen atoms in total. The summed E-state index contributed by atoms with van der Waals surface area (Å²) < 4.78 is 1.13. The molecule has 1 aromatic heterocycles. The fourth-order valence-electron chi connectivity index (χ4n) is 4.21. The Morgan fingerprint density at radius 2 is 2.06 bits per heavy atom. The van der Waals surface area contributed by atoms with Crippen LogP contribution in [0.4, 0.5) is 0 Å². The SMILES string of the molecule is CCC1C=CC=C(CC[C@H](C=O)NC(=O)CCCCCNC(=O)c2cc3ccc(C)cc3s2)C1. The lowest BCUT2D eigenvalue weighted by atomic mass is 9.89. The number of fused-ring (bicyclic) bond motifs is 1. The predicted octanol–water partition coefficient (Wildman–Crippen LogP) is 5.88. The summed E-state index contributed by atoms with van der Waals surface area (Å²) >= 11 is 1.51. The molecule has 0 fully saturated rings. The molecule has 0 saturated carbocycles. The smallest absolute Gasteiger partial charge is 0.261 e. The summed E-state index contributed by atoms with van der Waals surface area (Å²) in [5.74, 6) is 0.466. The van der Waals surface area contributed by atoms with Crippen LogP contribution >= 0.6 is 11.3 Å². The summed E-state index contributed by atoms with van der Waals surface area (Å²) in [5, 5.41) is 6.93. The monoisotopic (exact) mass is 480 g/mol. The number of carbonyl (C=O) groups excluding carboxylic acids is 3. The minimum absolute atomic E-state index is 0.0424. The lowest BCUT2D eigenvalue weighted by Gasteiger charge is -2.19. The van der Waals surface area contributed by atoms with E-state index in [0.29, 0.717) is 25.3 Å². The summed E-state index contributed by atoms with van der Waals surface area (Å²) in [7, 11) is 0. The first kappa shape index (κ1) is 25.9. The van der Waals surface area contributed by atoms with E-state index in [0.717, 1.165) is 59.8 Å². The van der Waals surface area contributed by atoms with Crippen molar-refractivity contribution in [2.24, 2.45) is 5.92 Å². The minimum Gasteiger partial charge on any atom is -0.351 e. The number of rotatable bonds is 13. The zero-order chi connectivity index (χ0) is 24.3. The second-order valence-electron chi connectivity index (χ2n) is 9.15. The highest BCUT2D eigenvalue weighted by molar-refractivity contribution is 7.20. The molecule has 1 aliphatic carbocycles. The first-order chi connectivity index (χ1) is 16.5. The molecule has 2 atom stereocenters. The number of thiophene rings is 1. The van der Waals surface area contributed by atoms with Crippen molar-refractivity contribution < 1.29 is 14.4 Å². The van der Waals surface area contributed by atoms with E-state index in [1.807, 2.05) is 19.1 Å². The van der Waals surface area contributed by atoms with Crippen molar-refractivity contribution in [1.82, 2.24) is 10.6 Å². The van der Waals surface area contributed by atoms with E-state index in [9.17, 15) is 14.4 Å². The summed E-state index contributed by atoms with van der Waals surface area (Å²) in [6.45, 7) is 4.83. The third kappa shape index (κ3) is 7.94. The van der Waals surface area contributed by atoms with E-state index < -0.39 is 6.04 Å². The number of amides is 2. The van der Waals surface area contributed by atoms with Gasteiger partial charge in [0.05, 0.1) is 10.9 Å². The van der Waals surface area contributed by atoms with Gasteiger partial charge in [-0.2, -0.15) is 0 Å². The molecular formula is C28H36N2O3S. The minimum atomic E-state index is -0.427. The van der Waals surface area contributed by atoms with Crippen molar-refractivity contribution in [3.63, 3.8) is 0 Å². The molecule has 3 rings (SSSR count). The van der Waals surface area contributed by atoms with Crippen molar-refractivity contribution in [1.29, 1.82) is 0 Å². The van der Waals surface area contributed by atoms with Crippen LogP contribution in [0.2, 0.25) is 0 Å². The van der Waals surface area contributed by atoms with Crippen molar-refractivity contribution >= 4 is 39.5 Å². The fourth-order valence-corrected chi connectivity index (χ4v) is 5.29. The molecule has 0 radical (unpaired) electrons. The van der Waals surface area contributed by atoms with Crippen molar-refractivity contribution in [2.45, 2.75) is 71.3 Å². The number of aldehydes is 1. The second kappa shape index (κ2) is 13.2. The van der Waals surface area contributed by atoms with Gasteiger partial charge in [0, 0.05) is 17.7 Å². The van der Waals surface area contributed by atoms with Crippen molar-refractivity contribution in [2.75, 3.05) is 6.54 Å². The molecular weight excluding hydrogens is 444 g/mol. The topological polar surface area (TPSA) is 75.3 Å². The van der Waals surface area contributed by atoms with Gasteiger partial charge in [0.1, 0.15) is 6.29 Å². The molecule has 1 aromatic carbocycles. The Morgan fingerprint density at radius 1 is 1.21 bits per heavy atom. The summed E-state index contributed by atoms with van der Waals surface area (Å²) in [6.07, 6.45) is 13.8. The lowest BCUT2D eigenvalue weighted by Crippen LogP contribution is -2.36. The summed E-state index contributed by atoms with van der Waals surface area (Å²) in [4.78, 5) is 36.8. The Kier molecular flexibility index (Phi) is 10.1. The number of hydrogen-bond donors (Lipinski definition) is 2. The van der Waals surface area contributed by atoms with Gasteiger partial charge in [0.25, 0.3) is 5.91 Å². The average molecular weight is 481 g/mol. The van der Waals surface area contributed by atoms with Gasteiger partial charge in [0.15, 0.2) is 0 Å². The summed E-state index contributed by atoms with van der Waals surface area (Å²) in [5.41, 5.74) is 2.54. The number of hydrogen-bond acceptors (Lipinski definition) is 4. The van der Waals surface area contributed by atoms with Gasteiger partial charge in [-0.3, -0.25) is 9.59 Å². The predicted molar refractivity (Wildman–Crippen MR) is 140 cm³/mol.